The molecule has 5 heteroatoms. The van der Waals surface area contributed by atoms with Crippen molar-refractivity contribution in [1.82, 2.24) is 9.97 Å². The molecule has 78 valence electrons. The molecule has 0 radical (unpaired) electrons. The van der Waals surface area contributed by atoms with E-state index < -0.39 is 5.82 Å². The van der Waals surface area contributed by atoms with Gasteiger partial charge in [0, 0.05) is 11.8 Å². The molecule has 0 saturated carbocycles. The summed E-state index contributed by atoms with van der Waals surface area (Å²) in [4.78, 5) is 7.66. The molecule has 0 N–H and O–H groups in total. The van der Waals surface area contributed by atoms with Gasteiger partial charge in [0.2, 0.25) is 5.28 Å². The summed E-state index contributed by atoms with van der Waals surface area (Å²) in [6, 6.07) is 7.47. The molecule has 3 nitrogen and oxygen atoms in total. The number of benzene rings is 1. The van der Waals surface area contributed by atoms with Gasteiger partial charge in [0.1, 0.15) is 5.82 Å². The van der Waals surface area contributed by atoms with E-state index >= 15 is 0 Å². The molecule has 0 unspecified atom stereocenters. The largest absolute Gasteiger partial charge is 0.226 e. The van der Waals surface area contributed by atoms with Crippen LogP contribution in [0, 0.1) is 17.1 Å². The van der Waals surface area contributed by atoms with E-state index in [1.165, 1.54) is 12.3 Å². The summed E-state index contributed by atoms with van der Waals surface area (Å²) in [6.07, 6.45) is 1.47. The predicted octanol–water partition coefficient (Wildman–Crippen LogP) is 2.81. The minimum atomic E-state index is -0.483. The topological polar surface area (TPSA) is 49.6 Å². The molecule has 1 heterocycles. The van der Waals surface area contributed by atoms with Crippen molar-refractivity contribution < 1.29 is 4.39 Å². The van der Waals surface area contributed by atoms with Crippen LogP contribution < -0.4 is 0 Å². The van der Waals surface area contributed by atoms with Gasteiger partial charge in [0.25, 0.3) is 0 Å². The van der Waals surface area contributed by atoms with E-state index in [9.17, 15) is 4.39 Å². The number of hydrogen-bond acceptors (Lipinski definition) is 3. The average Bonchev–Trinajstić information content (AvgIpc) is 2.28. The van der Waals surface area contributed by atoms with Crippen molar-refractivity contribution in [1.29, 1.82) is 5.26 Å². The molecule has 0 atom stereocenters. The van der Waals surface area contributed by atoms with E-state index in [1.54, 1.807) is 12.1 Å². The fourth-order valence-electron chi connectivity index (χ4n) is 1.30. The summed E-state index contributed by atoms with van der Waals surface area (Å²) < 4.78 is 13.2. The average molecular weight is 234 g/mol. The molecule has 0 fully saturated rings. The third kappa shape index (κ3) is 2.15. The summed E-state index contributed by atoms with van der Waals surface area (Å²) in [5, 5.41) is 8.80. The smallest absolute Gasteiger partial charge is 0.222 e. The zero-order valence-corrected chi connectivity index (χ0v) is 8.74. The van der Waals surface area contributed by atoms with E-state index in [-0.39, 0.29) is 10.8 Å². The summed E-state index contributed by atoms with van der Waals surface area (Å²) in [6.45, 7) is 0. The van der Waals surface area contributed by atoms with Crippen LogP contribution in [0.5, 0.6) is 0 Å². The SMILES string of the molecule is N#Cc1cc(F)cc(-c2ccnc(Cl)n2)c1. The molecule has 0 aliphatic carbocycles. The number of rotatable bonds is 1. The summed E-state index contributed by atoms with van der Waals surface area (Å²) in [7, 11) is 0. The molecule has 0 aliphatic rings. The minimum absolute atomic E-state index is 0.0836. The van der Waals surface area contributed by atoms with Gasteiger partial charge in [0.15, 0.2) is 0 Å². The maximum Gasteiger partial charge on any atom is 0.222 e. The summed E-state index contributed by atoms with van der Waals surface area (Å²) in [5.41, 5.74) is 1.22. The fraction of sp³-hybridized carbons (Fsp3) is 0. The van der Waals surface area contributed by atoms with Gasteiger partial charge in [-0.2, -0.15) is 5.26 Å². The zero-order valence-electron chi connectivity index (χ0n) is 7.98. The number of nitriles is 1. The van der Waals surface area contributed by atoms with Crippen LogP contribution in [-0.4, -0.2) is 9.97 Å². The molecule has 0 bridgehead atoms. The van der Waals surface area contributed by atoms with Gasteiger partial charge in [0.05, 0.1) is 17.3 Å². The lowest BCUT2D eigenvalue weighted by Gasteiger charge is -2.01. The Balaban J connectivity index is 2.56. The molecular weight excluding hydrogens is 229 g/mol. The minimum Gasteiger partial charge on any atom is -0.226 e. The standard InChI is InChI=1S/C11H5ClFN3/c12-11-15-2-1-10(16-11)8-3-7(6-14)4-9(13)5-8/h1-5H. The van der Waals surface area contributed by atoms with Gasteiger partial charge in [-0.3, -0.25) is 0 Å². The van der Waals surface area contributed by atoms with Crippen LogP contribution in [0.25, 0.3) is 11.3 Å². The second-order valence-corrected chi connectivity index (χ2v) is 3.39. The Morgan fingerprint density at radius 1 is 1.31 bits per heavy atom. The molecule has 0 spiro atoms. The Morgan fingerprint density at radius 2 is 2.12 bits per heavy atom. The van der Waals surface area contributed by atoms with Gasteiger partial charge in [-0.25, -0.2) is 14.4 Å². The lowest BCUT2D eigenvalue weighted by Crippen LogP contribution is -1.89. The molecular formula is C11H5ClFN3. The monoisotopic (exact) mass is 233 g/mol. The van der Waals surface area contributed by atoms with Crippen LogP contribution in [-0.2, 0) is 0 Å². The first-order valence-corrected chi connectivity index (χ1v) is 4.76. The van der Waals surface area contributed by atoms with Crippen LogP contribution in [0.15, 0.2) is 30.5 Å². The lowest BCUT2D eigenvalue weighted by atomic mass is 10.1. The first-order valence-electron chi connectivity index (χ1n) is 4.38. The summed E-state index contributed by atoms with van der Waals surface area (Å²) in [5.74, 6) is -0.483. The highest BCUT2D eigenvalue weighted by atomic mass is 35.5. The Labute approximate surface area is 96.2 Å². The Kier molecular flexibility index (Phi) is 2.80. The van der Waals surface area contributed by atoms with Crippen LogP contribution in [0.2, 0.25) is 5.28 Å². The molecule has 2 rings (SSSR count). The van der Waals surface area contributed by atoms with Gasteiger partial charge < -0.3 is 0 Å². The van der Waals surface area contributed by atoms with Crippen molar-refractivity contribution in [2.24, 2.45) is 0 Å². The predicted molar refractivity (Wildman–Crippen MR) is 57.2 cm³/mol. The Bertz CT molecular complexity index is 578. The maximum absolute atomic E-state index is 13.2. The van der Waals surface area contributed by atoms with Crippen LogP contribution in [0.4, 0.5) is 4.39 Å². The highest BCUT2D eigenvalue weighted by Gasteiger charge is 2.05. The highest BCUT2D eigenvalue weighted by Crippen LogP contribution is 2.20. The fourth-order valence-corrected chi connectivity index (χ4v) is 1.45. The van der Waals surface area contributed by atoms with Gasteiger partial charge in [-0.15, -0.1) is 0 Å². The Morgan fingerprint density at radius 3 is 2.81 bits per heavy atom. The van der Waals surface area contributed by atoms with Crippen LogP contribution in [0.3, 0.4) is 0 Å². The number of hydrogen-bond donors (Lipinski definition) is 0. The molecule has 1 aromatic heterocycles. The molecule has 0 amide bonds. The first kappa shape index (κ1) is 10.5. The third-order valence-electron chi connectivity index (χ3n) is 1.95. The second kappa shape index (κ2) is 4.25. The van der Waals surface area contributed by atoms with E-state index in [0.29, 0.717) is 11.3 Å². The van der Waals surface area contributed by atoms with E-state index in [0.717, 1.165) is 6.07 Å². The highest BCUT2D eigenvalue weighted by molar-refractivity contribution is 6.28. The van der Waals surface area contributed by atoms with Gasteiger partial charge in [-0.05, 0) is 35.9 Å². The van der Waals surface area contributed by atoms with Crippen molar-refractivity contribution in [3.05, 3.63) is 47.1 Å². The first-order chi connectivity index (χ1) is 7.69. The van der Waals surface area contributed by atoms with Crippen molar-refractivity contribution in [3.8, 4) is 17.3 Å². The van der Waals surface area contributed by atoms with Crippen molar-refractivity contribution >= 4 is 11.6 Å². The third-order valence-corrected chi connectivity index (χ3v) is 2.13. The number of nitrogens with zero attached hydrogens (tertiary/aromatic N) is 3. The quantitative estimate of drug-likeness (QED) is 0.712. The molecule has 0 aliphatic heterocycles. The number of halogens is 2. The molecule has 1 aromatic carbocycles. The molecule has 16 heavy (non-hydrogen) atoms. The molecule has 0 saturated heterocycles. The van der Waals surface area contributed by atoms with Crippen molar-refractivity contribution in [2.75, 3.05) is 0 Å². The van der Waals surface area contributed by atoms with Gasteiger partial charge >= 0.3 is 0 Å². The summed E-state index contributed by atoms with van der Waals surface area (Å²) >= 11 is 5.63. The zero-order chi connectivity index (χ0) is 11.5. The normalized spacial score (nSPS) is 9.81. The lowest BCUT2D eigenvalue weighted by molar-refractivity contribution is 0.628. The van der Waals surface area contributed by atoms with Crippen molar-refractivity contribution in [2.45, 2.75) is 0 Å². The molecule has 2 aromatic rings. The van der Waals surface area contributed by atoms with E-state index in [2.05, 4.69) is 9.97 Å². The second-order valence-electron chi connectivity index (χ2n) is 3.05. The van der Waals surface area contributed by atoms with E-state index in [1.807, 2.05) is 6.07 Å². The van der Waals surface area contributed by atoms with Crippen LogP contribution >= 0.6 is 11.6 Å². The van der Waals surface area contributed by atoms with Gasteiger partial charge in [-0.1, -0.05) is 0 Å². The maximum atomic E-state index is 13.2. The Hall–Kier alpha value is -1.99. The number of aromatic nitrogens is 2. The van der Waals surface area contributed by atoms with E-state index in [4.69, 9.17) is 16.9 Å². The van der Waals surface area contributed by atoms with Crippen molar-refractivity contribution in [3.63, 3.8) is 0 Å². The van der Waals surface area contributed by atoms with Crippen LogP contribution in [0.1, 0.15) is 5.56 Å².